The summed E-state index contributed by atoms with van der Waals surface area (Å²) in [4.78, 5) is 0. The smallest absolute Gasteiger partial charge is 0.133 e. The Kier molecular flexibility index (Phi) is 3.72. The molecule has 3 rings (SSSR count). The summed E-state index contributed by atoms with van der Waals surface area (Å²) in [5.41, 5.74) is 0. The fourth-order valence-corrected chi connectivity index (χ4v) is 4.77. The first-order chi connectivity index (χ1) is 8.42. The molecule has 0 aromatic rings. The van der Waals surface area contributed by atoms with Crippen molar-refractivity contribution in [3.63, 3.8) is 0 Å². The Hall–Kier alpha value is -0.0800. The molecule has 0 amide bonds. The molecule has 0 bridgehead atoms. The summed E-state index contributed by atoms with van der Waals surface area (Å²) in [6.07, 6.45) is 15.0. The van der Waals surface area contributed by atoms with E-state index in [2.05, 4.69) is 5.32 Å². The summed E-state index contributed by atoms with van der Waals surface area (Å²) in [6, 6.07) is 2.00. The molecule has 3 fully saturated rings. The zero-order chi connectivity index (χ0) is 11.6. The molecule has 2 nitrogen and oxygen atoms in total. The first kappa shape index (κ1) is 12.0. The molecule has 2 saturated carbocycles. The molecule has 2 heteroatoms. The van der Waals surface area contributed by atoms with Gasteiger partial charge in [-0.3, -0.25) is 5.32 Å². The van der Waals surface area contributed by atoms with Crippen LogP contribution in [0.2, 0.25) is 0 Å². The number of nitrogens with zero attached hydrogens (tertiary/aromatic N) is 1. The second-order valence-electron chi connectivity index (χ2n) is 6.57. The lowest BCUT2D eigenvalue weighted by atomic mass is 9.86. The van der Waals surface area contributed by atoms with Crippen molar-refractivity contribution in [2.75, 3.05) is 19.8 Å². The zero-order valence-corrected chi connectivity index (χ0v) is 11.3. The van der Waals surface area contributed by atoms with E-state index in [1.54, 1.807) is 0 Å². The van der Waals surface area contributed by atoms with Crippen LogP contribution in [0, 0.1) is 0 Å². The first-order valence-corrected chi connectivity index (χ1v) is 7.99. The van der Waals surface area contributed by atoms with E-state index in [1.807, 2.05) is 0 Å². The summed E-state index contributed by atoms with van der Waals surface area (Å²) < 4.78 is 1.47. The standard InChI is InChI=1S/C15H29N2/c1-3-7-14(8-4-1)17(12-11-16-13-17)15-9-5-2-6-10-15/h14-16H,1-13H2/q+1. The van der Waals surface area contributed by atoms with Crippen molar-refractivity contribution in [2.45, 2.75) is 76.3 Å². The maximum Gasteiger partial charge on any atom is 0.133 e. The molecule has 0 aromatic carbocycles. The highest BCUT2D eigenvalue weighted by Crippen LogP contribution is 2.37. The first-order valence-electron chi connectivity index (χ1n) is 7.99. The van der Waals surface area contributed by atoms with Gasteiger partial charge in [0.25, 0.3) is 0 Å². The van der Waals surface area contributed by atoms with Crippen molar-refractivity contribution in [1.82, 2.24) is 5.32 Å². The zero-order valence-electron chi connectivity index (χ0n) is 11.3. The lowest BCUT2D eigenvalue weighted by Gasteiger charge is -2.49. The number of quaternary nitrogens is 1. The van der Waals surface area contributed by atoms with E-state index in [0.29, 0.717) is 0 Å². The van der Waals surface area contributed by atoms with Crippen LogP contribution in [0.25, 0.3) is 0 Å². The summed E-state index contributed by atoms with van der Waals surface area (Å²) in [5, 5.41) is 3.68. The molecule has 0 atom stereocenters. The lowest BCUT2D eigenvalue weighted by molar-refractivity contribution is -0.966. The molecule has 3 aliphatic rings. The summed E-state index contributed by atoms with van der Waals surface area (Å²) in [6.45, 7) is 3.98. The predicted molar refractivity (Wildman–Crippen MR) is 71.7 cm³/mol. The van der Waals surface area contributed by atoms with Gasteiger partial charge in [-0.05, 0) is 51.4 Å². The third-order valence-corrected chi connectivity index (χ3v) is 5.71. The summed E-state index contributed by atoms with van der Waals surface area (Å²) in [7, 11) is 0. The van der Waals surface area contributed by atoms with Crippen LogP contribution in [0.5, 0.6) is 0 Å². The van der Waals surface area contributed by atoms with Gasteiger partial charge in [-0.25, -0.2) is 0 Å². The van der Waals surface area contributed by atoms with E-state index >= 15 is 0 Å². The van der Waals surface area contributed by atoms with Crippen LogP contribution in [0.3, 0.4) is 0 Å². The SMILES string of the molecule is C1CCC([N+]2(C3CCCCC3)CCNC2)CC1. The predicted octanol–water partition coefficient (Wildman–Crippen LogP) is 3.03. The minimum atomic E-state index is 1.00. The third-order valence-electron chi connectivity index (χ3n) is 5.71. The van der Waals surface area contributed by atoms with Gasteiger partial charge in [0.05, 0.1) is 18.6 Å². The molecule has 1 aliphatic heterocycles. The molecular weight excluding hydrogens is 208 g/mol. The molecule has 0 spiro atoms. The van der Waals surface area contributed by atoms with Crippen LogP contribution in [0.1, 0.15) is 64.2 Å². The Morgan fingerprint density at radius 1 is 0.706 bits per heavy atom. The Morgan fingerprint density at radius 3 is 1.65 bits per heavy atom. The highest BCUT2D eigenvalue weighted by Gasteiger charge is 2.46. The highest BCUT2D eigenvalue weighted by atomic mass is 15.5. The van der Waals surface area contributed by atoms with Gasteiger partial charge in [-0.15, -0.1) is 0 Å². The number of hydrogen-bond donors (Lipinski definition) is 1. The quantitative estimate of drug-likeness (QED) is 0.728. The van der Waals surface area contributed by atoms with Crippen molar-refractivity contribution in [3.8, 4) is 0 Å². The number of hydrogen-bond acceptors (Lipinski definition) is 1. The van der Waals surface area contributed by atoms with Crippen LogP contribution in [0.15, 0.2) is 0 Å². The Labute approximate surface area is 106 Å². The average molecular weight is 237 g/mol. The van der Waals surface area contributed by atoms with Gasteiger partial charge >= 0.3 is 0 Å². The van der Waals surface area contributed by atoms with Gasteiger partial charge in [-0.2, -0.15) is 0 Å². The molecule has 0 unspecified atom stereocenters. The average Bonchev–Trinajstić information content (AvgIpc) is 2.91. The number of rotatable bonds is 2. The van der Waals surface area contributed by atoms with Crippen LogP contribution < -0.4 is 5.32 Å². The molecule has 98 valence electrons. The van der Waals surface area contributed by atoms with Crippen LogP contribution in [-0.2, 0) is 0 Å². The van der Waals surface area contributed by atoms with E-state index < -0.39 is 0 Å². The molecule has 1 N–H and O–H groups in total. The highest BCUT2D eigenvalue weighted by molar-refractivity contribution is 4.77. The summed E-state index contributed by atoms with van der Waals surface area (Å²) >= 11 is 0. The van der Waals surface area contributed by atoms with Gasteiger partial charge in [0, 0.05) is 6.54 Å². The van der Waals surface area contributed by atoms with E-state index in [0.717, 1.165) is 12.1 Å². The lowest BCUT2D eigenvalue weighted by Crippen LogP contribution is -2.61. The van der Waals surface area contributed by atoms with Gasteiger partial charge in [0.15, 0.2) is 0 Å². The molecular formula is C15H29N2+. The maximum atomic E-state index is 3.68. The largest absolute Gasteiger partial charge is 0.305 e. The fraction of sp³-hybridized carbons (Fsp3) is 1.00. The normalized spacial score (nSPS) is 31.8. The monoisotopic (exact) mass is 237 g/mol. The van der Waals surface area contributed by atoms with Gasteiger partial charge in [0.2, 0.25) is 0 Å². The topological polar surface area (TPSA) is 12.0 Å². The molecule has 17 heavy (non-hydrogen) atoms. The minimum Gasteiger partial charge on any atom is -0.305 e. The molecule has 0 aromatic heterocycles. The van der Waals surface area contributed by atoms with Gasteiger partial charge < -0.3 is 4.48 Å². The molecule has 1 heterocycles. The second-order valence-corrected chi connectivity index (χ2v) is 6.57. The van der Waals surface area contributed by atoms with Crippen molar-refractivity contribution < 1.29 is 4.48 Å². The van der Waals surface area contributed by atoms with Crippen molar-refractivity contribution >= 4 is 0 Å². The third kappa shape index (κ3) is 2.26. The van der Waals surface area contributed by atoms with Crippen molar-refractivity contribution in [2.24, 2.45) is 0 Å². The van der Waals surface area contributed by atoms with E-state index in [4.69, 9.17) is 0 Å². The van der Waals surface area contributed by atoms with Crippen LogP contribution in [-0.4, -0.2) is 36.3 Å². The van der Waals surface area contributed by atoms with Gasteiger partial charge in [-0.1, -0.05) is 12.8 Å². The maximum absolute atomic E-state index is 3.68. The fourth-order valence-electron chi connectivity index (χ4n) is 4.77. The minimum absolute atomic E-state index is 1.00. The van der Waals surface area contributed by atoms with E-state index in [9.17, 15) is 0 Å². The van der Waals surface area contributed by atoms with Crippen LogP contribution >= 0.6 is 0 Å². The molecule has 0 radical (unpaired) electrons. The molecule has 1 saturated heterocycles. The molecule has 2 aliphatic carbocycles. The van der Waals surface area contributed by atoms with Crippen molar-refractivity contribution in [3.05, 3.63) is 0 Å². The summed E-state index contributed by atoms with van der Waals surface area (Å²) in [5.74, 6) is 0. The number of nitrogens with one attached hydrogen (secondary N) is 1. The Morgan fingerprint density at radius 2 is 1.24 bits per heavy atom. The Balaban J connectivity index is 1.75. The van der Waals surface area contributed by atoms with E-state index in [-0.39, 0.29) is 0 Å². The Bertz CT molecular complexity index is 213. The van der Waals surface area contributed by atoms with Gasteiger partial charge in [0.1, 0.15) is 6.67 Å². The van der Waals surface area contributed by atoms with Crippen LogP contribution in [0.4, 0.5) is 0 Å². The van der Waals surface area contributed by atoms with E-state index in [1.165, 1.54) is 88.4 Å². The second kappa shape index (κ2) is 5.27. The van der Waals surface area contributed by atoms with Crippen molar-refractivity contribution in [1.29, 1.82) is 0 Å².